The average Bonchev–Trinajstić information content (AvgIpc) is 2.47. The number of amides is 1. The Bertz CT molecular complexity index is 612. The highest BCUT2D eigenvalue weighted by Gasteiger charge is 2.10. The molecule has 1 aromatic heterocycles. The van der Waals surface area contributed by atoms with Gasteiger partial charge in [-0.15, -0.1) is 0 Å². The molecule has 20 heavy (non-hydrogen) atoms. The van der Waals surface area contributed by atoms with Gasteiger partial charge in [-0.05, 0) is 24.3 Å². The van der Waals surface area contributed by atoms with Crippen molar-refractivity contribution in [2.45, 2.75) is 0 Å². The molecule has 1 heterocycles. The number of hydrogen-bond acceptors (Lipinski definition) is 5. The SMILES string of the molecule is CN(C)c1ccccc1NC(=O)c1ccnc(NN)c1. The molecular weight excluding hydrogens is 254 g/mol. The van der Waals surface area contributed by atoms with E-state index in [4.69, 9.17) is 5.84 Å². The molecule has 2 aromatic rings. The summed E-state index contributed by atoms with van der Waals surface area (Å²) in [5.41, 5.74) is 4.59. The number of anilines is 3. The molecule has 0 bridgehead atoms. The fourth-order valence-electron chi connectivity index (χ4n) is 1.81. The summed E-state index contributed by atoms with van der Waals surface area (Å²) in [5.74, 6) is 5.52. The molecule has 0 atom stereocenters. The van der Waals surface area contributed by atoms with Crippen LogP contribution in [0.25, 0.3) is 0 Å². The topological polar surface area (TPSA) is 83.3 Å². The van der Waals surface area contributed by atoms with Crippen molar-refractivity contribution in [1.29, 1.82) is 0 Å². The van der Waals surface area contributed by atoms with Gasteiger partial charge in [-0.2, -0.15) is 0 Å². The minimum Gasteiger partial charge on any atom is -0.376 e. The van der Waals surface area contributed by atoms with Crippen LogP contribution in [0.5, 0.6) is 0 Å². The number of benzene rings is 1. The van der Waals surface area contributed by atoms with E-state index >= 15 is 0 Å². The van der Waals surface area contributed by atoms with E-state index in [0.29, 0.717) is 11.4 Å². The van der Waals surface area contributed by atoms with Crippen LogP contribution in [0.4, 0.5) is 17.2 Å². The molecule has 0 aliphatic heterocycles. The molecule has 0 aliphatic rings. The van der Waals surface area contributed by atoms with Crippen molar-refractivity contribution in [3.05, 3.63) is 48.2 Å². The van der Waals surface area contributed by atoms with E-state index in [1.54, 1.807) is 12.1 Å². The minimum absolute atomic E-state index is 0.210. The van der Waals surface area contributed by atoms with Gasteiger partial charge in [-0.25, -0.2) is 10.8 Å². The van der Waals surface area contributed by atoms with Crippen LogP contribution in [0.1, 0.15) is 10.4 Å². The van der Waals surface area contributed by atoms with Gasteiger partial charge in [-0.1, -0.05) is 12.1 Å². The fraction of sp³-hybridized carbons (Fsp3) is 0.143. The molecule has 6 heteroatoms. The van der Waals surface area contributed by atoms with Crippen LogP contribution < -0.4 is 21.5 Å². The third kappa shape index (κ3) is 3.04. The normalized spacial score (nSPS) is 9.95. The Morgan fingerprint density at radius 3 is 2.70 bits per heavy atom. The number of rotatable bonds is 4. The summed E-state index contributed by atoms with van der Waals surface area (Å²) in [6, 6.07) is 10.8. The summed E-state index contributed by atoms with van der Waals surface area (Å²) >= 11 is 0. The van der Waals surface area contributed by atoms with Crippen LogP contribution in [0.3, 0.4) is 0 Å². The van der Waals surface area contributed by atoms with Crippen LogP contribution in [-0.2, 0) is 0 Å². The molecule has 0 spiro atoms. The summed E-state index contributed by atoms with van der Waals surface area (Å²) in [6.07, 6.45) is 1.53. The monoisotopic (exact) mass is 271 g/mol. The second-order valence-corrected chi connectivity index (χ2v) is 4.44. The smallest absolute Gasteiger partial charge is 0.255 e. The first-order valence-corrected chi connectivity index (χ1v) is 6.12. The lowest BCUT2D eigenvalue weighted by Gasteiger charge is -2.17. The number of hydrogen-bond donors (Lipinski definition) is 3. The molecule has 104 valence electrons. The Labute approximate surface area is 117 Å². The van der Waals surface area contributed by atoms with Gasteiger partial charge in [-0.3, -0.25) is 4.79 Å². The molecule has 1 amide bonds. The molecule has 0 fully saturated rings. The van der Waals surface area contributed by atoms with Gasteiger partial charge in [0.2, 0.25) is 0 Å². The molecule has 1 aromatic carbocycles. The van der Waals surface area contributed by atoms with Crippen molar-refractivity contribution in [1.82, 2.24) is 4.98 Å². The highest BCUT2D eigenvalue weighted by molar-refractivity contribution is 6.06. The van der Waals surface area contributed by atoms with Crippen LogP contribution in [0, 0.1) is 0 Å². The first-order valence-electron chi connectivity index (χ1n) is 6.12. The number of nitrogens with one attached hydrogen (secondary N) is 2. The van der Waals surface area contributed by atoms with Gasteiger partial charge < -0.3 is 15.6 Å². The zero-order chi connectivity index (χ0) is 14.5. The Balaban J connectivity index is 2.23. The predicted octanol–water partition coefficient (Wildman–Crippen LogP) is 1.69. The fourth-order valence-corrected chi connectivity index (χ4v) is 1.81. The summed E-state index contributed by atoms with van der Waals surface area (Å²) in [6.45, 7) is 0. The Morgan fingerprint density at radius 2 is 2.00 bits per heavy atom. The molecule has 0 saturated heterocycles. The second kappa shape index (κ2) is 6.03. The van der Waals surface area contributed by atoms with Crippen LogP contribution in [0.15, 0.2) is 42.6 Å². The maximum absolute atomic E-state index is 12.2. The summed E-state index contributed by atoms with van der Waals surface area (Å²) < 4.78 is 0. The molecule has 0 saturated carbocycles. The average molecular weight is 271 g/mol. The second-order valence-electron chi connectivity index (χ2n) is 4.44. The van der Waals surface area contributed by atoms with E-state index in [9.17, 15) is 4.79 Å². The van der Waals surface area contributed by atoms with Crippen molar-refractivity contribution in [3.8, 4) is 0 Å². The zero-order valence-corrected chi connectivity index (χ0v) is 11.4. The van der Waals surface area contributed by atoms with Gasteiger partial charge in [0.25, 0.3) is 5.91 Å². The number of pyridine rings is 1. The third-order valence-corrected chi connectivity index (χ3v) is 2.80. The Morgan fingerprint density at radius 1 is 1.25 bits per heavy atom. The highest BCUT2D eigenvalue weighted by Crippen LogP contribution is 2.24. The van der Waals surface area contributed by atoms with E-state index in [1.165, 1.54) is 6.20 Å². The van der Waals surface area contributed by atoms with E-state index in [0.717, 1.165) is 11.4 Å². The summed E-state index contributed by atoms with van der Waals surface area (Å²) in [4.78, 5) is 18.1. The zero-order valence-electron chi connectivity index (χ0n) is 11.4. The largest absolute Gasteiger partial charge is 0.376 e. The number of carbonyl (C=O) groups is 1. The molecule has 2 rings (SSSR count). The first kappa shape index (κ1) is 13.8. The summed E-state index contributed by atoms with van der Waals surface area (Å²) in [7, 11) is 3.85. The first-order chi connectivity index (χ1) is 9.61. The van der Waals surface area contributed by atoms with Gasteiger partial charge >= 0.3 is 0 Å². The summed E-state index contributed by atoms with van der Waals surface area (Å²) in [5, 5.41) is 2.88. The van der Waals surface area contributed by atoms with Crippen molar-refractivity contribution >= 4 is 23.1 Å². The molecule has 0 aliphatic carbocycles. The van der Waals surface area contributed by atoms with E-state index in [2.05, 4.69) is 15.7 Å². The van der Waals surface area contributed by atoms with E-state index in [-0.39, 0.29) is 5.91 Å². The number of aromatic nitrogens is 1. The Kier molecular flexibility index (Phi) is 4.17. The third-order valence-electron chi connectivity index (χ3n) is 2.80. The molecule has 6 nitrogen and oxygen atoms in total. The van der Waals surface area contributed by atoms with Gasteiger partial charge in [0.05, 0.1) is 11.4 Å². The minimum atomic E-state index is -0.210. The van der Waals surface area contributed by atoms with Crippen LogP contribution in [-0.4, -0.2) is 25.0 Å². The van der Waals surface area contributed by atoms with E-state index in [1.807, 2.05) is 43.3 Å². The number of nitrogens with two attached hydrogens (primary N) is 1. The number of carbonyl (C=O) groups excluding carboxylic acids is 1. The van der Waals surface area contributed by atoms with Crippen molar-refractivity contribution in [2.24, 2.45) is 5.84 Å². The lowest BCUT2D eigenvalue weighted by molar-refractivity contribution is 0.102. The predicted molar refractivity (Wildman–Crippen MR) is 80.8 cm³/mol. The number of nitrogens with zero attached hydrogens (tertiary/aromatic N) is 2. The molecule has 4 N–H and O–H groups in total. The van der Waals surface area contributed by atoms with Gasteiger partial charge in [0.15, 0.2) is 0 Å². The maximum Gasteiger partial charge on any atom is 0.255 e. The molecule has 0 unspecified atom stereocenters. The van der Waals surface area contributed by atoms with Gasteiger partial charge in [0, 0.05) is 25.9 Å². The number of para-hydroxylation sites is 2. The van der Waals surface area contributed by atoms with Crippen molar-refractivity contribution in [2.75, 3.05) is 29.7 Å². The van der Waals surface area contributed by atoms with Gasteiger partial charge in [0.1, 0.15) is 5.82 Å². The quantitative estimate of drug-likeness (QED) is 0.582. The highest BCUT2D eigenvalue weighted by atomic mass is 16.1. The van der Waals surface area contributed by atoms with E-state index < -0.39 is 0 Å². The maximum atomic E-state index is 12.2. The lowest BCUT2D eigenvalue weighted by Crippen LogP contribution is -2.17. The van der Waals surface area contributed by atoms with Crippen molar-refractivity contribution in [3.63, 3.8) is 0 Å². The standard InChI is InChI=1S/C14H17N5O/c1-19(2)12-6-4-3-5-11(12)17-14(20)10-7-8-16-13(9-10)18-15/h3-9H,15H2,1-2H3,(H,16,18)(H,17,20). The number of hydrazine groups is 1. The Hall–Kier alpha value is -2.60. The van der Waals surface area contributed by atoms with Crippen molar-refractivity contribution < 1.29 is 4.79 Å². The lowest BCUT2D eigenvalue weighted by atomic mass is 10.2. The molecule has 0 radical (unpaired) electrons. The van der Waals surface area contributed by atoms with Crippen LogP contribution in [0.2, 0.25) is 0 Å². The van der Waals surface area contributed by atoms with Crippen LogP contribution >= 0.6 is 0 Å². The number of nitrogen functional groups attached to an aromatic ring is 1. The molecular formula is C14H17N5O.